The Kier molecular flexibility index (Phi) is 3.04. The summed E-state index contributed by atoms with van der Waals surface area (Å²) in [6.07, 6.45) is 0.351. The van der Waals surface area contributed by atoms with E-state index >= 15 is 0 Å². The highest BCUT2D eigenvalue weighted by atomic mass is 19.1. The Morgan fingerprint density at radius 1 is 1.23 bits per heavy atom. The van der Waals surface area contributed by atoms with Gasteiger partial charge in [0, 0.05) is 6.42 Å². The van der Waals surface area contributed by atoms with Crippen molar-refractivity contribution in [3.8, 4) is 0 Å². The van der Waals surface area contributed by atoms with E-state index in [9.17, 15) is 4.39 Å². The lowest BCUT2D eigenvalue weighted by Gasteiger charge is -2.15. The van der Waals surface area contributed by atoms with E-state index in [1.807, 2.05) is 24.3 Å². The topological polar surface area (TPSA) is 20.2 Å². The normalized spacial score (nSPS) is 11.7. The molecule has 0 aliphatic heterocycles. The minimum atomic E-state index is -1.22. The van der Waals surface area contributed by atoms with E-state index in [4.69, 9.17) is 5.11 Å². The summed E-state index contributed by atoms with van der Waals surface area (Å²) in [7, 11) is 0. The molecule has 0 saturated carbocycles. The summed E-state index contributed by atoms with van der Waals surface area (Å²) in [6.45, 7) is 3.06. The van der Waals surface area contributed by atoms with Crippen LogP contribution in [0.15, 0.2) is 24.3 Å². The maximum Gasteiger partial charge on any atom is 0.109 e. The number of aliphatic hydroxyl groups is 1. The first-order chi connectivity index (χ1) is 6.03. The SMILES string of the molecule is CC(C)(F)Cc1ccccc1CO. The quantitative estimate of drug-likeness (QED) is 0.761. The van der Waals surface area contributed by atoms with Gasteiger partial charge >= 0.3 is 0 Å². The van der Waals surface area contributed by atoms with Crippen molar-refractivity contribution in [2.24, 2.45) is 0 Å². The summed E-state index contributed by atoms with van der Waals surface area (Å²) in [5.41, 5.74) is 0.483. The molecular formula is C11H15FO. The van der Waals surface area contributed by atoms with E-state index in [2.05, 4.69) is 0 Å². The second-order valence-electron chi connectivity index (χ2n) is 3.82. The predicted molar refractivity (Wildman–Crippen MR) is 51.3 cm³/mol. The summed E-state index contributed by atoms with van der Waals surface area (Å²) < 4.78 is 13.3. The molecule has 72 valence electrons. The molecule has 0 unspecified atom stereocenters. The van der Waals surface area contributed by atoms with Crippen LogP contribution in [0.2, 0.25) is 0 Å². The van der Waals surface area contributed by atoms with Gasteiger partial charge in [0.2, 0.25) is 0 Å². The number of rotatable bonds is 3. The summed E-state index contributed by atoms with van der Waals surface area (Å²) in [4.78, 5) is 0. The molecule has 0 radical (unpaired) electrons. The number of hydrogen-bond donors (Lipinski definition) is 1. The van der Waals surface area contributed by atoms with Gasteiger partial charge in [-0.2, -0.15) is 0 Å². The van der Waals surface area contributed by atoms with Crippen LogP contribution in [0.25, 0.3) is 0 Å². The number of halogens is 1. The first-order valence-electron chi connectivity index (χ1n) is 4.39. The lowest BCUT2D eigenvalue weighted by Crippen LogP contribution is -2.16. The van der Waals surface area contributed by atoms with Gasteiger partial charge in [0.25, 0.3) is 0 Å². The van der Waals surface area contributed by atoms with E-state index in [1.165, 1.54) is 0 Å². The van der Waals surface area contributed by atoms with Gasteiger partial charge in [-0.25, -0.2) is 4.39 Å². The van der Waals surface area contributed by atoms with E-state index in [0.29, 0.717) is 6.42 Å². The van der Waals surface area contributed by atoms with Crippen LogP contribution in [0.1, 0.15) is 25.0 Å². The van der Waals surface area contributed by atoms with Crippen molar-refractivity contribution in [2.45, 2.75) is 32.5 Å². The first kappa shape index (κ1) is 10.2. The molecule has 0 aliphatic rings. The van der Waals surface area contributed by atoms with Crippen molar-refractivity contribution in [2.75, 3.05) is 0 Å². The second kappa shape index (κ2) is 3.88. The highest BCUT2D eigenvalue weighted by Gasteiger charge is 2.17. The Balaban J connectivity index is 2.87. The van der Waals surface area contributed by atoms with Crippen molar-refractivity contribution >= 4 is 0 Å². The molecule has 1 rings (SSSR count). The Labute approximate surface area is 78.2 Å². The molecule has 0 fully saturated rings. The smallest absolute Gasteiger partial charge is 0.109 e. The molecule has 0 aromatic heterocycles. The standard InChI is InChI=1S/C11H15FO/c1-11(2,12)7-9-5-3-4-6-10(9)8-13/h3-6,13H,7-8H2,1-2H3. The summed E-state index contributed by atoms with van der Waals surface area (Å²) >= 11 is 0. The van der Waals surface area contributed by atoms with Gasteiger partial charge in [-0.3, -0.25) is 0 Å². The largest absolute Gasteiger partial charge is 0.392 e. The van der Waals surface area contributed by atoms with Crippen LogP contribution in [0.4, 0.5) is 4.39 Å². The molecule has 2 heteroatoms. The number of hydrogen-bond acceptors (Lipinski definition) is 1. The maximum atomic E-state index is 13.3. The fraction of sp³-hybridized carbons (Fsp3) is 0.455. The maximum absolute atomic E-state index is 13.3. The summed E-state index contributed by atoms with van der Waals surface area (Å²) in [6, 6.07) is 7.38. The second-order valence-corrected chi connectivity index (χ2v) is 3.82. The lowest BCUT2D eigenvalue weighted by atomic mass is 9.96. The van der Waals surface area contributed by atoms with E-state index in [1.54, 1.807) is 13.8 Å². The van der Waals surface area contributed by atoms with Crippen molar-refractivity contribution in [1.29, 1.82) is 0 Å². The molecule has 1 nitrogen and oxygen atoms in total. The average molecular weight is 182 g/mol. The Morgan fingerprint density at radius 2 is 1.77 bits per heavy atom. The Bertz CT molecular complexity index is 276. The molecule has 1 aromatic rings. The molecule has 0 saturated heterocycles. The minimum absolute atomic E-state index is 0.0216. The minimum Gasteiger partial charge on any atom is -0.392 e. The molecule has 0 heterocycles. The molecule has 13 heavy (non-hydrogen) atoms. The zero-order valence-electron chi connectivity index (χ0n) is 8.05. The predicted octanol–water partition coefficient (Wildman–Crippen LogP) is 2.47. The van der Waals surface area contributed by atoms with Crippen LogP contribution in [-0.2, 0) is 13.0 Å². The van der Waals surface area contributed by atoms with Gasteiger partial charge in [0.1, 0.15) is 5.67 Å². The monoisotopic (exact) mass is 182 g/mol. The fourth-order valence-electron chi connectivity index (χ4n) is 1.34. The number of benzene rings is 1. The molecule has 0 atom stereocenters. The van der Waals surface area contributed by atoms with Gasteiger partial charge in [0.05, 0.1) is 6.61 Å². The summed E-state index contributed by atoms with van der Waals surface area (Å²) in [5, 5.41) is 8.99. The zero-order chi connectivity index (χ0) is 9.90. The third-order valence-electron chi connectivity index (χ3n) is 1.90. The molecule has 0 aliphatic carbocycles. The molecule has 0 bridgehead atoms. The van der Waals surface area contributed by atoms with Crippen LogP contribution < -0.4 is 0 Å². The highest BCUT2D eigenvalue weighted by Crippen LogP contribution is 2.19. The highest BCUT2D eigenvalue weighted by molar-refractivity contribution is 5.27. The molecular weight excluding hydrogens is 167 g/mol. The van der Waals surface area contributed by atoms with Crippen molar-refractivity contribution < 1.29 is 9.50 Å². The van der Waals surface area contributed by atoms with Gasteiger partial charge in [-0.1, -0.05) is 24.3 Å². The average Bonchev–Trinajstić information content (AvgIpc) is 2.02. The molecule has 1 N–H and O–H groups in total. The van der Waals surface area contributed by atoms with Crippen LogP contribution in [0.3, 0.4) is 0 Å². The van der Waals surface area contributed by atoms with Crippen molar-refractivity contribution in [3.05, 3.63) is 35.4 Å². The van der Waals surface area contributed by atoms with Gasteiger partial charge in [-0.05, 0) is 25.0 Å². The van der Waals surface area contributed by atoms with Crippen LogP contribution in [-0.4, -0.2) is 10.8 Å². The van der Waals surface area contributed by atoms with Crippen LogP contribution in [0.5, 0.6) is 0 Å². The van der Waals surface area contributed by atoms with Crippen molar-refractivity contribution in [1.82, 2.24) is 0 Å². The number of aliphatic hydroxyl groups excluding tert-OH is 1. The fourth-order valence-corrected chi connectivity index (χ4v) is 1.34. The van der Waals surface area contributed by atoms with Gasteiger partial charge in [-0.15, -0.1) is 0 Å². The lowest BCUT2D eigenvalue weighted by molar-refractivity contribution is 0.214. The molecule has 0 amide bonds. The first-order valence-corrected chi connectivity index (χ1v) is 4.39. The third-order valence-corrected chi connectivity index (χ3v) is 1.90. The molecule has 0 spiro atoms. The van der Waals surface area contributed by atoms with Crippen LogP contribution in [0, 0.1) is 0 Å². The third kappa shape index (κ3) is 3.15. The number of alkyl halides is 1. The Hall–Kier alpha value is -0.890. The van der Waals surface area contributed by atoms with Crippen molar-refractivity contribution in [3.63, 3.8) is 0 Å². The van der Waals surface area contributed by atoms with E-state index < -0.39 is 5.67 Å². The van der Waals surface area contributed by atoms with E-state index in [-0.39, 0.29) is 6.61 Å². The Morgan fingerprint density at radius 3 is 2.23 bits per heavy atom. The van der Waals surface area contributed by atoms with Gasteiger partial charge < -0.3 is 5.11 Å². The van der Waals surface area contributed by atoms with Gasteiger partial charge in [0.15, 0.2) is 0 Å². The van der Waals surface area contributed by atoms with Crippen LogP contribution >= 0.6 is 0 Å². The van der Waals surface area contributed by atoms with E-state index in [0.717, 1.165) is 11.1 Å². The zero-order valence-corrected chi connectivity index (χ0v) is 8.05. The molecule has 1 aromatic carbocycles. The summed E-state index contributed by atoms with van der Waals surface area (Å²) in [5.74, 6) is 0.